The Bertz CT molecular complexity index is 487. The lowest BCUT2D eigenvalue weighted by Crippen LogP contribution is -2.19. The van der Waals surface area contributed by atoms with Crippen molar-refractivity contribution < 1.29 is 0 Å². The van der Waals surface area contributed by atoms with Crippen molar-refractivity contribution in [1.82, 2.24) is 14.7 Å². The van der Waals surface area contributed by atoms with Gasteiger partial charge in [-0.2, -0.15) is 0 Å². The molecule has 4 nitrogen and oxygen atoms in total. The fraction of sp³-hybridized carbons (Fsp3) is 0.462. The summed E-state index contributed by atoms with van der Waals surface area (Å²) in [5, 5.41) is 3.44. The van der Waals surface area contributed by atoms with E-state index in [1.165, 1.54) is 5.69 Å². The number of imidazole rings is 1. The molecule has 0 saturated carbocycles. The van der Waals surface area contributed by atoms with Gasteiger partial charge in [0.05, 0.1) is 5.69 Å². The maximum atomic E-state index is 4.64. The number of nitrogens with zero attached hydrogens (tertiary/aromatic N) is 3. The standard InChI is InChI=1S/C13H20N4/c1-4-8-14-10-11-13(16(2)3)15-12-7-5-6-9-17(11)12/h5-7,9,14H,4,8,10H2,1-3H3. The second-order valence-corrected chi connectivity index (χ2v) is 4.38. The highest BCUT2D eigenvalue weighted by Gasteiger charge is 2.12. The van der Waals surface area contributed by atoms with Crippen LogP contribution in [0.5, 0.6) is 0 Å². The van der Waals surface area contributed by atoms with E-state index in [2.05, 4.69) is 32.7 Å². The number of pyridine rings is 1. The first kappa shape index (κ1) is 11.9. The molecule has 2 rings (SSSR count). The zero-order chi connectivity index (χ0) is 12.3. The Hall–Kier alpha value is -1.55. The summed E-state index contributed by atoms with van der Waals surface area (Å²) < 4.78 is 2.15. The SMILES string of the molecule is CCCNCc1c(N(C)C)nc2ccccn12. The smallest absolute Gasteiger partial charge is 0.151 e. The van der Waals surface area contributed by atoms with Crippen LogP contribution in [0.2, 0.25) is 0 Å². The fourth-order valence-electron chi connectivity index (χ4n) is 1.94. The van der Waals surface area contributed by atoms with Crippen molar-refractivity contribution in [2.45, 2.75) is 19.9 Å². The van der Waals surface area contributed by atoms with E-state index in [0.29, 0.717) is 0 Å². The zero-order valence-corrected chi connectivity index (χ0v) is 10.8. The summed E-state index contributed by atoms with van der Waals surface area (Å²) in [6.07, 6.45) is 3.21. The maximum absolute atomic E-state index is 4.64. The third kappa shape index (κ3) is 2.42. The topological polar surface area (TPSA) is 32.6 Å². The predicted molar refractivity (Wildman–Crippen MR) is 71.5 cm³/mol. The summed E-state index contributed by atoms with van der Waals surface area (Å²) >= 11 is 0. The van der Waals surface area contributed by atoms with Crippen molar-refractivity contribution in [2.24, 2.45) is 0 Å². The maximum Gasteiger partial charge on any atom is 0.151 e. The van der Waals surface area contributed by atoms with Crippen LogP contribution in [-0.4, -0.2) is 30.0 Å². The highest BCUT2D eigenvalue weighted by Crippen LogP contribution is 2.19. The molecule has 0 unspecified atom stereocenters. The molecule has 0 bridgehead atoms. The number of anilines is 1. The number of hydrogen-bond acceptors (Lipinski definition) is 3. The second-order valence-electron chi connectivity index (χ2n) is 4.38. The lowest BCUT2D eigenvalue weighted by atomic mass is 10.3. The molecule has 4 heteroatoms. The molecule has 92 valence electrons. The van der Waals surface area contributed by atoms with Crippen LogP contribution in [0, 0.1) is 0 Å². The lowest BCUT2D eigenvalue weighted by molar-refractivity contribution is 0.660. The molecule has 17 heavy (non-hydrogen) atoms. The monoisotopic (exact) mass is 232 g/mol. The first-order chi connectivity index (χ1) is 8.24. The van der Waals surface area contributed by atoms with Crippen LogP contribution in [-0.2, 0) is 6.54 Å². The highest BCUT2D eigenvalue weighted by molar-refractivity contribution is 5.55. The molecule has 0 saturated heterocycles. The van der Waals surface area contributed by atoms with Crippen LogP contribution in [0.25, 0.3) is 5.65 Å². The number of aromatic nitrogens is 2. The Morgan fingerprint density at radius 2 is 2.18 bits per heavy atom. The van der Waals surface area contributed by atoms with Gasteiger partial charge in [0.25, 0.3) is 0 Å². The van der Waals surface area contributed by atoms with Crippen molar-refractivity contribution in [1.29, 1.82) is 0 Å². The van der Waals surface area contributed by atoms with Crippen molar-refractivity contribution in [3.8, 4) is 0 Å². The summed E-state index contributed by atoms with van der Waals surface area (Å²) in [5.41, 5.74) is 2.23. The minimum Gasteiger partial charge on any atom is -0.361 e. The molecule has 0 fully saturated rings. The van der Waals surface area contributed by atoms with Gasteiger partial charge in [-0.15, -0.1) is 0 Å². The van der Waals surface area contributed by atoms with Crippen molar-refractivity contribution in [3.05, 3.63) is 30.1 Å². The van der Waals surface area contributed by atoms with Gasteiger partial charge >= 0.3 is 0 Å². The fourth-order valence-corrected chi connectivity index (χ4v) is 1.94. The molecule has 0 aromatic carbocycles. The Labute approximate surface area is 102 Å². The molecule has 0 aliphatic heterocycles. The Balaban J connectivity index is 2.37. The van der Waals surface area contributed by atoms with Gasteiger partial charge in [0.15, 0.2) is 5.82 Å². The van der Waals surface area contributed by atoms with E-state index >= 15 is 0 Å². The summed E-state index contributed by atoms with van der Waals surface area (Å²) in [6.45, 7) is 4.06. The number of hydrogen-bond donors (Lipinski definition) is 1. The van der Waals surface area contributed by atoms with Gasteiger partial charge < -0.3 is 14.6 Å². The average Bonchev–Trinajstić information content (AvgIpc) is 2.69. The van der Waals surface area contributed by atoms with E-state index in [0.717, 1.165) is 31.0 Å². The molecule has 0 aliphatic rings. The second kappa shape index (κ2) is 5.19. The molecule has 0 spiro atoms. The molecule has 0 amide bonds. The van der Waals surface area contributed by atoms with Crippen molar-refractivity contribution in [3.63, 3.8) is 0 Å². The van der Waals surface area contributed by atoms with Gasteiger partial charge in [0.1, 0.15) is 5.65 Å². The quantitative estimate of drug-likeness (QED) is 0.799. The van der Waals surface area contributed by atoms with E-state index in [9.17, 15) is 0 Å². The summed E-state index contributed by atoms with van der Waals surface area (Å²) in [4.78, 5) is 6.71. The lowest BCUT2D eigenvalue weighted by Gasteiger charge is -2.12. The highest BCUT2D eigenvalue weighted by atomic mass is 15.2. The van der Waals surface area contributed by atoms with Crippen LogP contribution in [0.4, 0.5) is 5.82 Å². The Morgan fingerprint density at radius 1 is 1.35 bits per heavy atom. The molecule has 0 radical (unpaired) electrons. The molecular weight excluding hydrogens is 212 g/mol. The van der Waals surface area contributed by atoms with E-state index < -0.39 is 0 Å². The van der Waals surface area contributed by atoms with Gasteiger partial charge in [-0.3, -0.25) is 0 Å². The van der Waals surface area contributed by atoms with Crippen LogP contribution in [0.1, 0.15) is 19.0 Å². The Kier molecular flexibility index (Phi) is 3.64. The summed E-state index contributed by atoms with van der Waals surface area (Å²) in [7, 11) is 4.07. The number of rotatable bonds is 5. The van der Waals surface area contributed by atoms with Gasteiger partial charge in [-0.05, 0) is 25.1 Å². The molecule has 0 atom stereocenters. The third-order valence-corrected chi connectivity index (χ3v) is 2.75. The van der Waals surface area contributed by atoms with Crippen LogP contribution in [0.15, 0.2) is 24.4 Å². The molecular formula is C13H20N4. The van der Waals surface area contributed by atoms with Gasteiger partial charge in [-0.25, -0.2) is 4.98 Å². The predicted octanol–water partition coefficient (Wildman–Crippen LogP) is 1.90. The van der Waals surface area contributed by atoms with Crippen molar-refractivity contribution in [2.75, 3.05) is 25.5 Å². The van der Waals surface area contributed by atoms with Crippen molar-refractivity contribution >= 4 is 11.5 Å². The van der Waals surface area contributed by atoms with E-state index in [1.54, 1.807) is 0 Å². The molecule has 0 aliphatic carbocycles. The molecule has 2 heterocycles. The molecule has 2 aromatic rings. The van der Waals surface area contributed by atoms with Crippen LogP contribution < -0.4 is 10.2 Å². The van der Waals surface area contributed by atoms with Crippen LogP contribution >= 0.6 is 0 Å². The Morgan fingerprint density at radius 3 is 2.88 bits per heavy atom. The van der Waals surface area contributed by atoms with Gasteiger partial charge in [0.2, 0.25) is 0 Å². The van der Waals surface area contributed by atoms with E-state index in [4.69, 9.17) is 0 Å². The molecule has 2 aromatic heterocycles. The normalized spacial score (nSPS) is 11.0. The van der Waals surface area contributed by atoms with E-state index in [-0.39, 0.29) is 0 Å². The molecule has 1 N–H and O–H groups in total. The van der Waals surface area contributed by atoms with Gasteiger partial charge in [-0.1, -0.05) is 13.0 Å². The summed E-state index contributed by atoms with van der Waals surface area (Å²) in [6, 6.07) is 6.10. The minimum atomic E-state index is 0.854. The summed E-state index contributed by atoms with van der Waals surface area (Å²) in [5.74, 6) is 1.04. The first-order valence-corrected chi connectivity index (χ1v) is 6.08. The average molecular weight is 232 g/mol. The third-order valence-electron chi connectivity index (χ3n) is 2.75. The number of nitrogens with one attached hydrogen (secondary N) is 1. The van der Waals surface area contributed by atoms with E-state index in [1.807, 2.05) is 32.3 Å². The largest absolute Gasteiger partial charge is 0.361 e. The number of fused-ring (bicyclic) bond motifs is 1. The zero-order valence-electron chi connectivity index (χ0n) is 10.8. The van der Waals surface area contributed by atoms with Gasteiger partial charge in [0, 0.05) is 26.8 Å². The minimum absolute atomic E-state index is 0.854. The first-order valence-electron chi connectivity index (χ1n) is 6.08. The van der Waals surface area contributed by atoms with Crippen LogP contribution in [0.3, 0.4) is 0 Å².